The van der Waals surface area contributed by atoms with Crippen molar-refractivity contribution in [2.75, 3.05) is 38.4 Å². The van der Waals surface area contributed by atoms with Crippen molar-refractivity contribution >= 4 is 17.7 Å². The lowest BCUT2D eigenvalue weighted by Crippen LogP contribution is -2.35. The standard InChI is InChI=1S/C27H24N2O5/c1-31-25-16-21(18-28)9-11-23(25)34-19-27(30)29(13-5-8-20-6-3-2-4-7-20)22-10-12-24-26(17-22)33-15-14-32-24/h2-12,16-17H,13-15,19H2,1H3/b8-5+. The van der Waals surface area contributed by atoms with E-state index < -0.39 is 0 Å². The highest BCUT2D eigenvalue weighted by atomic mass is 16.6. The molecule has 1 amide bonds. The molecule has 0 aromatic heterocycles. The molecular formula is C27H24N2O5. The zero-order valence-corrected chi connectivity index (χ0v) is 18.8. The molecule has 7 heteroatoms. The summed E-state index contributed by atoms with van der Waals surface area (Å²) in [6.07, 6.45) is 3.88. The van der Waals surface area contributed by atoms with Gasteiger partial charge in [-0.15, -0.1) is 0 Å². The van der Waals surface area contributed by atoms with Crippen molar-refractivity contribution < 1.29 is 23.7 Å². The predicted molar refractivity (Wildman–Crippen MR) is 128 cm³/mol. The molecule has 0 atom stereocenters. The molecule has 1 heterocycles. The summed E-state index contributed by atoms with van der Waals surface area (Å²) in [6.45, 7) is 1.08. The third-order valence-corrected chi connectivity index (χ3v) is 5.18. The largest absolute Gasteiger partial charge is 0.493 e. The number of carbonyl (C=O) groups excluding carboxylic acids is 1. The van der Waals surface area contributed by atoms with Gasteiger partial charge in [0.2, 0.25) is 0 Å². The number of fused-ring (bicyclic) bond motifs is 1. The van der Waals surface area contributed by atoms with Gasteiger partial charge in [0, 0.05) is 24.4 Å². The van der Waals surface area contributed by atoms with E-state index >= 15 is 0 Å². The topological polar surface area (TPSA) is 81.0 Å². The molecule has 0 N–H and O–H groups in total. The number of benzene rings is 3. The zero-order chi connectivity index (χ0) is 23.8. The molecule has 1 aliphatic rings. The summed E-state index contributed by atoms with van der Waals surface area (Å²) < 4.78 is 22.4. The average molecular weight is 456 g/mol. The first-order chi connectivity index (χ1) is 16.7. The van der Waals surface area contributed by atoms with Crippen LogP contribution in [0.2, 0.25) is 0 Å². The maximum absolute atomic E-state index is 13.3. The SMILES string of the molecule is COc1cc(C#N)ccc1OCC(=O)N(C/C=C/c1ccccc1)c1ccc2c(c1)OCCO2. The maximum atomic E-state index is 13.3. The van der Waals surface area contributed by atoms with Crippen molar-refractivity contribution in [3.05, 3.63) is 83.9 Å². The number of hydrogen-bond acceptors (Lipinski definition) is 6. The maximum Gasteiger partial charge on any atom is 0.265 e. The third-order valence-electron chi connectivity index (χ3n) is 5.18. The van der Waals surface area contributed by atoms with Crippen molar-refractivity contribution in [2.45, 2.75) is 0 Å². The first-order valence-corrected chi connectivity index (χ1v) is 10.8. The minimum atomic E-state index is -0.249. The van der Waals surface area contributed by atoms with Gasteiger partial charge in [0.05, 0.1) is 18.7 Å². The highest BCUT2D eigenvalue weighted by molar-refractivity contribution is 5.95. The number of amides is 1. The van der Waals surface area contributed by atoms with Crippen LogP contribution in [0.4, 0.5) is 5.69 Å². The molecule has 7 nitrogen and oxygen atoms in total. The molecule has 0 spiro atoms. The number of anilines is 1. The van der Waals surface area contributed by atoms with Gasteiger partial charge in [-0.2, -0.15) is 5.26 Å². The van der Waals surface area contributed by atoms with Crippen LogP contribution in [-0.4, -0.2) is 39.4 Å². The summed E-state index contributed by atoms with van der Waals surface area (Å²) in [4.78, 5) is 14.9. The van der Waals surface area contributed by atoms with Crippen LogP contribution in [0.1, 0.15) is 11.1 Å². The number of carbonyl (C=O) groups is 1. The Bertz CT molecular complexity index is 1220. The van der Waals surface area contributed by atoms with E-state index in [1.54, 1.807) is 35.2 Å². The molecule has 3 aromatic carbocycles. The Morgan fingerprint density at radius 3 is 2.59 bits per heavy atom. The van der Waals surface area contributed by atoms with E-state index in [1.165, 1.54) is 7.11 Å². The third kappa shape index (κ3) is 5.48. The summed E-state index contributed by atoms with van der Waals surface area (Å²) in [7, 11) is 1.49. The Kier molecular flexibility index (Phi) is 7.31. The van der Waals surface area contributed by atoms with Crippen LogP contribution >= 0.6 is 0 Å². The van der Waals surface area contributed by atoms with Crippen LogP contribution in [0.15, 0.2) is 72.8 Å². The highest BCUT2D eigenvalue weighted by Gasteiger charge is 2.20. The van der Waals surface area contributed by atoms with Gasteiger partial charge in [0.25, 0.3) is 5.91 Å². The van der Waals surface area contributed by atoms with Crippen LogP contribution in [-0.2, 0) is 4.79 Å². The fraction of sp³-hybridized carbons (Fsp3) is 0.185. The Balaban J connectivity index is 1.54. The number of nitriles is 1. The van der Waals surface area contributed by atoms with E-state index in [2.05, 4.69) is 6.07 Å². The lowest BCUT2D eigenvalue weighted by molar-refractivity contribution is -0.120. The number of nitrogens with zero attached hydrogens (tertiary/aromatic N) is 2. The van der Waals surface area contributed by atoms with Gasteiger partial charge in [-0.1, -0.05) is 42.5 Å². The van der Waals surface area contributed by atoms with Gasteiger partial charge < -0.3 is 23.8 Å². The van der Waals surface area contributed by atoms with Crippen molar-refractivity contribution in [1.82, 2.24) is 0 Å². The Morgan fingerprint density at radius 2 is 1.82 bits per heavy atom. The molecule has 4 rings (SSSR count). The zero-order valence-electron chi connectivity index (χ0n) is 18.8. The van der Waals surface area contributed by atoms with Gasteiger partial charge in [-0.25, -0.2) is 0 Å². The lowest BCUT2D eigenvalue weighted by atomic mass is 10.2. The van der Waals surface area contributed by atoms with E-state index in [1.807, 2.05) is 48.6 Å². The van der Waals surface area contributed by atoms with Gasteiger partial charge in [-0.3, -0.25) is 4.79 Å². The van der Waals surface area contributed by atoms with E-state index in [-0.39, 0.29) is 12.5 Å². The van der Waals surface area contributed by atoms with Crippen molar-refractivity contribution in [1.29, 1.82) is 5.26 Å². The second-order valence-corrected chi connectivity index (χ2v) is 7.41. The Hall–Kier alpha value is -4.44. The summed E-state index contributed by atoms with van der Waals surface area (Å²) >= 11 is 0. The van der Waals surface area contributed by atoms with Gasteiger partial charge in [0.15, 0.2) is 29.6 Å². The smallest absolute Gasteiger partial charge is 0.265 e. The van der Waals surface area contributed by atoms with E-state index in [0.717, 1.165) is 5.56 Å². The molecule has 0 aliphatic carbocycles. The number of methoxy groups -OCH3 is 1. The number of hydrogen-bond donors (Lipinski definition) is 0. The van der Waals surface area contributed by atoms with Crippen molar-refractivity contribution in [3.63, 3.8) is 0 Å². The first-order valence-electron chi connectivity index (χ1n) is 10.8. The Morgan fingerprint density at radius 1 is 1.03 bits per heavy atom. The highest BCUT2D eigenvalue weighted by Crippen LogP contribution is 2.34. The van der Waals surface area contributed by atoms with Crippen LogP contribution in [0.25, 0.3) is 6.08 Å². The quantitative estimate of drug-likeness (QED) is 0.498. The molecule has 0 saturated carbocycles. The lowest BCUT2D eigenvalue weighted by Gasteiger charge is -2.25. The molecule has 0 fully saturated rings. The molecule has 0 unspecified atom stereocenters. The summed E-state index contributed by atoms with van der Waals surface area (Å²) in [5, 5.41) is 9.08. The minimum Gasteiger partial charge on any atom is -0.493 e. The van der Waals surface area contributed by atoms with Gasteiger partial charge in [-0.05, 0) is 29.8 Å². The molecule has 172 valence electrons. The molecular weight excluding hydrogens is 432 g/mol. The molecule has 3 aromatic rings. The van der Waals surface area contributed by atoms with Crippen LogP contribution in [0, 0.1) is 11.3 Å². The molecule has 34 heavy (non-hydrogen) atoms. The predicted octanol–water partition coefficient (Wildman–Crippen LogP) is 4.46. The van der Waals surface area contributed by atoms with Crippen LogP contribution in [0.5, 0.6) is 23.0 Å². The molecule has 0 bridgehead atoms. The minimum absolute atomic E-state index is 0.212. The first kappa shape index (κ1) is 22.7. The van der Waals surface area contributed by atoms with Crippen LogP contribution < -0.4 is 23.8 Å². The second kappa shape index (κ2) is 10.9. The monoisotopic (exact) mass is 456 g/mol. The normalized spacial score (nSPS) is 12.1. The summed E-state index contributed by atoms with van der Waals surface area (Å²) in [5.41, 5.74) is 2.15. The van der Waals surface area contributed by atoms with E-state index in [4.69, 9.17) is 24.2 Å². The van der Waals surface area contributed by atoms with E-state index in [9.17, 15) is 4.79 Å². The van der Waals surface area contributed by atoms with Gasteiger partial charge >= 0.3 is 0 Å². The Labute approximate surface area is 198 Å². The fourth-order valence-electron chi connectivity index (χ4n) is 3.48. The summed E-state index contributed by atoms with van der Waals surface area (Å²) in [6, 6.07) is 22.1. The molecule has 1 aliphatic heterocycles. The summed E-state index contributed by atoms with van der Waals surface area (Å²) in [5.74, 6) is 1.78. The van der Waals surface area contributed by atoms with Crippen molar-refractivity contribution in [2.24, 2.45) is 0 Å². The van der Waals surface area contributed by atoms with Crippen LogP contribution in [0.3, 0.4) is 0 Å². The number of ether oxygens (including phenoxy) is 4. The molecule has 0 radical (unpaired) electrons. The number of rotatable bonds is 8. The fourth-order valence-corrected chi connectivity index (χ4v) is 3.48. The second-order valence-electron chi connectivity index (χ2n) is 7.41. The molecule has 0 saturated heterocycles. The van der Waals surface area contributed by atoms with Gasteiger partial charge in [0.1, 0.15) is 13.2 Å². The van der Waals surface area contributed by atoms with E-state index in [0.29, 0.717) is 54.0 Å². The average Bonchev–Trinajstić information content (AvgIpc) is 2.90. The van der Waals surface area contributed by atoms with Crippen molar-refractivity contribution in [3.8, 4) is 29.1 Å².